The molecule has 4 heteroatoms. The zero-order valence-corrected chi connectivity index (χ0v) is 10.4. The number of carbonyl (C=O) groups is 2. The molecule has 2 aliphatic rings. The minimum absolute atomic E-state index is 0.0410. The molecule has 1 aliphatic heterocycles. The Morgan fingerprint density at radius 2 is 1.94 bits per heavy atom. The van der Waals surface area contributed by atoms with Crippen LogP contribution in [0.3, 0.4) is 0 Å². The second-order valence-corrected chi connectivity index (χ2v) is 5.58. The molecular formula is C13H21NO3. The standard InChI is InChI=1S/C13H21NO3/c1-13(12(16)17)7-4-8-14(13)11(15)9-10-5-2-3-6-10/h10H,2-9H2,1H3,(H,16,17). The lowest BCUT2D eigenvalue weighted by Gasteiger charge is -2.32. The summed E-state index contributed by atoms with van der Waals surface area (Å²) in [6, 6.07) is 0. The summed E-state index contributed by atoms with van der Waals surface area (Å²) in [6.45, 7) is 2.28. The molecule has 4 nitrogen and oxygen atoms in total. The van der Waals surface area contributed by atoms with E-state index >= 15 is 0 Å². The van der Waals surface area contributed by atoms with Crippen LogP contribution in [0.5, 0.6) is 0 Å². The average molecular weight is 239 g/mol. The molecule has 96 valence electrons. The zero-order valence-electron chi connectivity index (χ0n) is 10.4. The largest absolute Gasteiger partial charge is 0.480 e. The van der Waals surface area contributed by atoms with Gasteiger partial charge in [0.15, 0.2) is 0 Å². The Labute approximate surface area is 102 Å². The summed E-state index contributed by atoms with van der Waals surface area (Å²) in [5.41, 5.74) is -0.963. The minimum Gasteiger partial charge on any atom is -0.480 e. The van der Waals surface area contributed by atoms with Crippen LogP contribution in [0.25, 0.3) is 0 Å². The van der Waals surface area contributed by atoms with E-state index in [1.165, 1.54) is 12.8 Å². The first kappa shape index (κ1) is 12.4. The summed E-state index contributed by atoms with van der Waals surface area (Å²) in [6.07, 6.45) is 6.62. The maximum atomic E-state index is 12.2. The number of hydrogen-bond acceptors (Lipinski definition) is 2. The van der Waals surface area contributed by atoms with Gasteiger partial charge in [-0.25, -0.2) is 4.79 Å². The van der Waals surface area contributed by atoms with Gasteiger partial charge in [0.2, 0.25) is 5.91 Å². The summed E-state index contributed by atoms with van der Waals surface area (Å²) in [5.74, 6) is -0.338. The van der Waals surface area contributed by atoms with Crippen LogP contribution < -0.4 is 0 Å². The van der Waals surface area contributed by atoms with E-state index in [9.17, 15) is 14.7 Å². The average Bonchev–Trinajstić information content (AvgIpc) is 2.87. The van der Waals surface area contributed by atoms with Gasteiger partial charge in [0.25, 0.3) is 0 Å². The summed E-state index contributed by atoms with van der Waals surface area (Å²) in [5, 5.41) is 9.26. The van der Waals surface area contributed by atoms with Crippen molar-refractivity contribution in [1.29, 1.82) is 0 Å². The Morgan fingerprint density at radius 1 is 1.29 bits per heavy atom. The van der Waals surface area contributed by atoms with E-state index in [4.69, 9.17) is 0 Å². The van der Waals surface area contributed by atoms with E-state index in [1.54, 1.807) is 11.8 Å². The second-order valence-electron chi connectivity index (χ2n) is 5.58. The fourth-order valence-electron chi connectivity index (χ4n) is 3.16. The first-order valence-corrected chi connectivity index (χ1v) is 6.58. The molecule has 1 unspecified atom stereocenters. The number of carbonyl (C=O) groups excluding carboxylic acids is 1. The maximum absolute atomic E-state index is 12.2. The third kappa shape index (κ3) is 2.31. The smallest absolute Gasteiger partial charge is 0.329 e. The Kier molecular flexibility index (Phi) is 3.40. The molecule has 0 bridgehead atoms. The molecule has 0 aromatic heterocycles. The molecule has 2 fully saturated rings. The topological polar surface area (TPSA) is 57.6 Å². The first-order valence-electron chi connectivity index (χ1n) is 6.58. The van der Waals surface area contributed by atoms with Gasteiger partial charge < -0.3 is 10.0 Å². The third-order valence-corrected chi connectivity index (χ3v) is 4.34. The van der Waals surface area contributed by atoms with Gasteiger partial charge in [-0.3, -0.25) is 4.79 Å². The highest BCUT2D eigenvalue weighted by atomic mass is 16.4. The van der Waals surface area contributed by atoms with Gasteiger partial charge in [0.1, 0.15) is 5.54 Å². The highest BCUT2D eigenvalue weighted by Gasteiger charge is 2.45. The minimum atomic E-state index is -0.963. The quantitative estimate of drug-likeness (QED) is 0.819. The predicted octanol–water partition coefficient (Wildman–Crippen LogP) is 2.03. The van der Waals surface area contributed by atoms with Crippen LogP contribution in [0, 0.1) is 5.92 Å². The molecule has 1 amide bonds. The Morgan fingerprint density at radius 3 is 2.53 bits per heavy atom. The number of aliphatic carboxylic acids is 1. The lowest BCUT2D eigenvalue weighted by molar-refractivity contribution is -0.155. The van der Waals surface area contributed by atoms with Gasteiger partial charge >= 0.3 is 5.97 Å². The fraction of sp³-hybridized carbons (Fsp3) is 0.846. The molecule has 0 radical (unpaired) electrons. The van der Waals surface area contributed by atoms with E-state index in [1.807, 2.05) is 0 Å². The third-order valence-electron chi connectivity index (χ3n) is 4.34. The van der Waals surface area contributed by atoms with Crippen LogP contribution in [-0.4, -0.2) is 34.0 Å². The maximum Gasteiger partial charge on any atom is 0.329 e. The van der Waals surface area contributed by atoms with Gasteiger partial charge in [-0.05, 0) is 38.5 Å². The SMILES string of the molecule is CC1(C(=O)O)CCCN1C(=O)CC1CCCC1. The first-order chi connectivity index (χ1) is 8.04. The van der Waals surface area contributed by atoms with E-state index in [-0.39, 0.29) is 5.91 Å². The van der Waals surface area contributed by atoms with Gasteiger partial charge in [-0.1, -0.05) is 12.8 Å². The van der Waals surface area contributed by atoms with Crippen molar-refractivity contribution in [2.24, 2.45) is 5.92 Å². The van der Waals surface area contributed by atoms with Gasteiger partial charge in [0.05, 0.1) is 0 Å². The van der Waals surface area contributed by atoms with Gasteiger partial charge in [-0.2, -0.15) is 0 Å². The monoisotopic (exact) mass is 239 g/mol. The van der Waals surface area contributed by atoms with Crippen LogP contribution in [-0.2, 0) is 9.59 Å². The highest BCUT2D eigenvalue weighted by Crippen LogP contribution is 2.33. The number of hydrogen-bond donors (Lipinski definition) is 1. The van der Waals surface area contributed by atoms with Crippen LogP contribution in [0.4, 0.5) is 0 Å². The number of rotatable bonds is 3. The molecule has 1 heterocycles. The molecule has 1 N–H and O–H groups in total. The van der Waals surface area contributed by atoms with Crippen molar-refractivity contribution in [2.75, 3.05) is 6.54 Å². The Hall–Kier alpha value is -1.06. The van der Waals surface area contributed by atoms with E-state index in [2.05, 4.69) is 0 Å². The highest BCUT2D eigenvalue weighted by molar-refractivity contribution is 5.87. The molecule has 1 atom stereocenters. The normalized spacial score (nSPS) is 29.8. The Balaban J connectivity index is 2.00. The molecule has 0 aromatic carbocycles. The zero-order chi connectivity index (χ0) is 12.5. The number of nitrogens with zero attached hydrogens (tertiary/aromatic N) is 1. The van der Waals surface area contributed by atoms with Crippen LogP contribution in [0.15, 0.2) is 0 Å². The van der Waals surface area contributed by atoms with Crippen molar-refractivity contribution in [3.63, 3.8) is 0 Å². The van der Waals surface area contributed by atoms with E-state index < -0.39 is 11.5 Å². The molecule has 1 aliphatic carbocycles. The Bertz CT molecular complexity index is 323. The fourth-order valence-corrected chi connectivity index (χ4v) is 3.16. The van der Waals surface area contributed by atoms with Crippen LogP contribution >= 0.6 is 0 Å². The summed E-state index contributed by atoms with van der Waals surface area (Å²) < 4.78 is 0. The van der Waals surface area contributed by atoms with Gasteiger partial charge in [-0.15, -0.1) is 0 Å². The van der Waals surface area contributed by atoms with Gasteiger partial charge in [0, 0.05) is 13.0 Å². The van der Waals surface area contributed by atoms with Crippen molar-refractivity contribution >= 4 is 11.9 Å². The summed E-state index contributed by atoms with van der Waals surface area (Å²) in [4.78, 5) is 25.1. The van der Waals surface area contributed by atoms with Crippen molar-refractivity contribution < 1.29 is 14.7 Å². The number of amides is 1. The molecule has 2 rings (SSSR count). The number of likely N-dealkylation sites (tertiary alicyclic amines) is 1. The van der Waals surface area contributed by atoms with Crippen LogP contribution in [0.2, 0.25) is 0 Å². The summed E-state index contributed by atoms with van der Waals surface area (Å²) in [7, 11) is 0. The van der Waals surface area contributed by atoms with Crippen molar-refractivity contribution in [2.45, 2.75) is 57.4 Å². The molecule has 0 aromatic rings. The molecular weight excluding hydrogens is 218 g/mol. The second kappa shape index (κ2) is 4.67. The number of carboxylic acids is 1. The predicted molar refractivity (Wildman–Crippen MR) is 63.6 cm³/mol. The molecule has 0 spiro atoms. The summed E-state index contributed by atoms with van der Waals surface area (Å²) >= 11 is 0. The van der Waals surface area contributed by atoms with Crippen LogP contribution in [0.1, 0.15) is 51.9 Å². The lowest BCUT2D eigenvalue weighted by Crippen LogP contribution is -2.51. The molecule has 1 saturated heterocycles. The van der Waals surface area contributed by atoms with E-state index in [0.717, 1.165) is 19.3 Å². The molecule has 17 heavy (non-hydrogen) atoms. The lowest BCUT2D eigenvalue weighted by atomic mass is 9.97. The van der Waals surface area contributed by atoms with Crippen molar-refractivity contribution in [1.82, 2.24) is 4.90 Å². The van der Waals surface area contributed by atoms with E-state index in [0.29, 0.717) is 25.3 Å². The molecule has 1 saturated carbocycles. The number of carboxylic acid groups (broad SMARTS) is 1. The van der Waals surface area contributed by atoms with Crippen molar-refractivity contribution in [3.8, 4) is 0 Å². The van der Waals surface area contributed by atoms with Crippen molar-refractivity contribution in [3.05, 3.63) is 0 Å².